The summed E-state index contributed by atoms with van der Waals surface area (Å²) in [6.45, 7) is 0. The molecule has 1 aromatic heterocycles. The molecule has 166 valence electrons. The molecule has 0 fully saturated rings. The van der Waals surface area contributed by atoms with Gasteiger partial charge in [-0.3, -0.25) is 4.79 Å². The zero-order valence-corrected chi connectivity index (χ0v) is 18.9. The summed E-state index contributed by atoms with van der Waals surface area (Å²) >= 11 is 6.33. The van der Waals surface area contributed by atoms with Crippen LogP contribution in [-0.2, 0) is 0 Å². The van der Waals surface area contributed by atoms with Crippen molar-refractivity contribution < 1.29 is 9.47 Å². The molecular formula is C26H22ClN3O3. The van der Waals surface area contributed by atoms with Crippen molar-refractivity contribution in [3.05, 3.63) is 93.2 Å². The Kier molecular flexibility index (Phi) is 5.52. The average Bonchev–Trinajstić information content (AvgIpc) is 3.33. The highest BCUT2D eigenvalue weighted by atomic mass is 35.5. The molecule has 0 saturated heterocycles. The molecule has 33 heavy (non-hydrogen) atoms. The minimum atomic E-state index is -0.188. The second-order valence-corrected chi connectivity index (χ2v) is 8.25. The Morgan fingerprint density at radius 1 is 0.970 bits per heavy atom. The maximum absolute atomic E-state index is 13.3. The summed E-state index contributed by atoms with van der Waals surface area (Å²) in [6.07, 6.45) is 0.525. The molecule has 1 aliphatic rings. The second kappa shape index (κ2) is 8.64. The van der Waals surface area contributed by atoms with E-state index >= 15 is 0 Å². The quantitative estimate of drug-likeness (QED) is 0.424. The zero-order valence-electron chi connectivity index (χ0n) is 18.2. The topological polar surface area (TPSA) is 75.7 Å². The van der Waals surface area contributed by atoms with Crippen molar-refractivity contribution in [3.63, 3.8) is 0 Å². The fourth-order valence-corrected chi connectivity index (χ4v) is 4.50. The van der Waals surface area contributed by atoms with Crippen molar-refractivity contribution in [3.8, 4) is 22.6 Å². The van der Waals surface area contributed by atoms with E-state index < -0.39 is 0 Å². The van der Waals surface area contributed by atoms with E-state index in [2.05, 4.69) is 15.5 Å². The standard InChI is InChI=1S/C26H22ClN3O3/c1-32-17-9-10-18(23(13-17)33-2)21-14-22(30-29-21)25-24(15-6-4-3-5-7-15)19-12-16(27)8-11-20(19)28-26(25)31/h3-13,21,29H,14H2,1-2H3,(H,28,31). The largest absolute Gasteiger partial charge is 0.497 e. The number of nitrogens with zero attached hydrogens (tertiary/aromatic N) is 1. The number of hydrogen-bond acceptors (Lipinski definition) is 5. The van der Waals surface area contributed by atoms with Crippen LogP contribution in [0, 0.1) is 0 Å². The molecule has 0 saturated carbocycles. The molecule has 1 unspecified atom stereocenters. The van der Waals surface area contributed by atoms with Crippen LogP contribution in [0.3, 0.4) is 0 Å². The summed E-state index contributed by atoms with van der Waals surface area (Å²) in [5.74, 6) is 1.41. The summed E-state index contributed by atoms with van der Waals surface area (Å²) in [4.78, 5) is 16.3. The summed E-state index contributed by atoms with van der Waals surface area (Å²) in [5.41, 5.74) is 7.64. The monoisotopic (exact) mass is 459 g/mol. The molecule has 0 radical (unpaired) electrons. The van der Waals surface area contributed by atoms with Crippen molar-refractivity contribution in [2.45, 2.75) is 12.5 Å². The number of methoxy groups -OCH3 is 2. The van der Waals surface area contributed by atoms with E-state index in [-0.39, 0.29) is 11.6 Å². The van der Waals surface area contributed by atoms with E-state index in [0.29, 0.717) is 34.2 Å². The number of H-pyrrole nitrogens is 1. The minimum absolute atomic E-state index is 0.140. The maximum atomic E-state index is 13.3. The van der Waals surface area contributed by atoms with Gasteiger partial charge < -0.3 is 19.9 Å². The van der Waals surface area contributed by atoms with Crippen LogP contribution in [0.15, 0.2) is 76.6 Å². The number of ether oxygens (including phenoxy) is 2. The Morgan fingerprint density at radius 2 is 1.79 bits per heavy atom. The van der Waals surface area contributed by atoms with Crippen LogP contribution in [0.1, 0.15) is 23.6 Å². The molecule has 0 amide bonds. The van der Waals surface area contributed by atoms with Gasteiger partial charge >= 0.3 is 0 Å². The third-order valence-electron chi connectivity index (χ3n) is 5.90. The van der Waals surface area contributed by atoms with Gasteiger partial charge in [-0.15, -0.1) is 0 Å². The van der Waals surface area contributed by atoms with Gasteiger partial charge in [-0.2, -0.15) is 5.10 Å². The first-order valence-electron chi connectivity index (χ1n) is 10.5. The molecular weight excluding hydrogens is 438 g/mol. The van der Waals surface area contributed by atoms with Gasteiger partial charge in [0.05, 0.1) is 31.5 Å². The van der Waals surface area contributed by atoms with Crippen LogP contribution < -0.4 is 20.5 Å². The van der Waals surface area contributed by atoms with Crippen LogP contribution in [0.4, 0.5) is 0 Å². The number of pyridine rings is 1. The van der Waals surface area contributed by atoms with Crippen molar-refractivity contribution in [1.29, 1.82) is 0 Å². The Labute approximate surface area is 195 Å². The molecule has 6 nitrogen and oxygen atoms in total. The summed E-state index contributed by atoms with van der Waals surface area (Å²) in [7, 11) is 3.24. The first-order valence-corrected chi connectivity index (χ1v) is 10.9. The highest BCUT2D eigenvalue weighted by Crippen LogP contribution is 2.37. The Balaban J connectivity index is 1.63. The molecule has 2 heterocycles. The number of rotatable bonds is 5. The molecule has 2 N–H and O–H groups in total. The molecule has 0 aliphatic carbocycles. The van der Waals surface area contributed by atoms with Gasteiger partial charge in [0.2, 0.25) is 0 Å². The Hall–Kier alpha value is -3.77. The van der Waals surface area contributed by atoms with Crippen molar-refractivity contribution in [2.24, 2.45) is 5.10 Å². The molecule has 0 bridgehead atoms. The molecule has 3 aromatic carbocycles. The van der Waals surface area contributed by atoms with E-state index in [1.165, 1.54) is 0 Å². The maximum Gasteiger partial charge on any atom is 0.258 e. The number of benzene rings is 3. The summed E-state index contributed by atoms with van der Waals surface area (Å²) in [6, 6.07) is 20.9. The number of fused-ring (bicyclic) bond motifs is 1. The fourth-order valence-electron chi connectivity index (χ4n) is 4.33. The fraction of sp³-hybridized carbons (Fsp3) is 0.154. The van der Waals surface area contributed by atoms with Crippen molar-refractivity contribution >= 4 is 28.2 Å². The smallest absolute Gasteiger partial charge is 0.258 e. The number of hydrogen-bond donors (Lipinski definition) is 2. The van der Waals surface area contributed by atoms with Crippen molar-refractivity contribution in [2.75, 3.05) is 14.2 Å². The number of aromatic nitrogens is 1. The summed E-state index contributed by atoms with van der Waals surface area (Å²) < 4.78 is 10.9. The molecule has 0 spiro atoms. The number of hydrazone groups is 1. The van der Waals surface area contributed by atoms with Gasteiger partial charge in [0.1, 0.15) is 11.5 Å². The third-order valence-corrected chi connectivity index (χ3v) is 6.13. The first kappa shape index (κ1) is 21.1. The highest BCUT2D eigenvalue weighted by Gasteiger charge is 2.28. The molecule has 1 atom stereocenters. The predicted octanol–water partition coefficient (Wildman–Crippen LogP) is 5.30. The normalized spacial score (nSPS) is 15.2. The van der Waals surface area contributed by atoms with Gasteiger partial charge in [0.25, 0.3) is 5.56 Å². The molecule has 7 heteroatoms. The van der Waals surface area contributed by atoms with Gasteiger partial charge in [-0.05, 0) is 35.9 Å². The van der Waals surface area contributed by atoms with Crippen LogP contribution in [0.2, 0.25) is 5.02 Å². The lowest BCUT2D eigenvalue weighted by Crippen LogP contribution is -2.20. The Morgan fingerprint density at radius 3 is 2.55 bits per heavy atom. The van der Waals surface area contributed by atoms with Crippen molar-refractivity contribution in [1.82, 2.24) is 10.4 Å². The molecule has 1 aliphatic heterocycles. The molecule has 4 aromatic rings. The van der Waals surface area contributed by atoms with Crippen LogP contribution in [-0.4, -0.2) is 24.9 Å². The van der Waals surface area contributed by atoms with E-state index in [1.54, 1.807) is 20.3 Å². The SMILES string of the molecule is COc1ccc(C2CC(c3c(-c4ccccc4)c4cc(Cl)ccc4[nH]c3=O)=NN2)c(OC)c1. The lowest BCUT2D eigenvalue weighted by molar-refractivity contribution is 0.386. The zero-order chi connectivity index (χ0) is 22.9. The molecule has 5 rings (SSSR count). The minimum Gasteiger partial charge on any atom is -0.497 e. The summed E-state index contributed by atoms with van der Waals surface area (Å²) in [5, 5.41) is 6.06. The number of nitrogens with one attached hydrogen (secondary N) is 2. The van der Waals surface area contributed by atoms with Gasteiger partial charge in [-0.1, -0.05) is 41.9 Å². The van der Waals surface area contributed by atoms with Crippen LogP contribution in [0.25, 0.3) is 22.0 Å². The Bertz CT molecular complexity index is 1430. The number of halogens is 1. The van der Waals surface area contributed by atoms with E-state index in [1.807, 2.05) is 60.7 Å². The van der Waals surface area contributed by atoms with Gasteiger partial charge in [-0.25, -0.2) is 0 Å². The lowest BCUT2D eigenvalue weighted by atomic mass is 9.91. The van der Waals surface area contributed by atoms with E-state index in [4.69, 9.17) is 21.1 Å². The predicted molar refractivity (Wildman–Crippen MR) is 132 cm³/mol. The van der Waals surface area contributed by atoms with Gasteiger partial charge in [0.15, 0.2) is 0 Å². The first-order chi connectivity index (χ1) is 16.1. The number of aromatic amines is 1. The highest BCUT2D eigenvalue weighted by molar-refractivity contribution is 6.31. The second-order valence-electron chi connectivity index (χ2n) is 7.81. The van der Waals surface area contributed by atoms with E-state index in [0.717, 1.165) is 27.6 Å². The van der Waals surface area contributed by atoms with Crippen LogP contribution >= 0.6 is 11.6 Å². The van der Waals surface area contributed by atoms with E-state index in [9.17, 15) is 4.79 Å². The average molecular weight is 460 g/mol. The van der Waals surface area contributed by atoms with Crippen LogP contribution in [0.5, 0.6) is 11.5 Å². The lowest BCUT2D eigenvalue weighted by Gasteiger charge is -2.16. The third kappa shape index (κ3) is 3.83. The van der Waals surface area contributed by atoms with Gasteiger partial charge in [0, 0.05) is 39.5 Å².